The van der Waals surface area contributed by atoms with Gasteiger partial charge in [-0.05, 0) is 40.8 Å². The minimum Gasteiger partial charge on any atom is -0.379 e. The molecule has 0 atom stereocenters. The first-order valence-corrected chi connectivity index (χ1v) is 9.65. The molecule has 2 aromatic carbocycles. The largest absolute Gasteiger partial charge is 0.379 e. The van der Waals surface area contributed by atoms with Gasteiger partial charge in [-0.25, -0.2) is 8.42 Å². The van der Waals surface area contributed by atoms with Crippen LogP contribution < -0.4 is 0 Å². The van der Waals surface area contributed by atoms with Gasteiger partial charge < -0.3 is 4.74 Å². The van der Waals surface area contributed by atoms with Crippen LogP contribution in [0, 0.1) is 0 Å². The van der Waals surface area contributed by atoms with Gasteiger partial charge in [0, 0.05) is 13.1 Å². The van der Waals surface area contributed by atoms with Gasteiger partial charge in [-0.1, -0.05) is 38.1 Å². The van der Waals surface area contributed by atoms with Crippen molar-refractivity contribution >= 4 is 20.8 Å². The molecule has 1 saturated heterocycles. The molecule has 0 aromatic heterocycles. The van der Waals surface area contributed by atoms with E-state index in [4.69, 9.17) is 4.74 Å². The Bertz CT molecular complexity index is 808. The summed E-state index contributed by atoms with van der Waals surface area (Å²) in [5.74, 6) is 0. The summed E-state index contributed by atoms with van der Waals surface area (Å²) >= 11 is 0. The molecule has 3 rings (SSSR count). The van der Waals surface area contributed by atoms with Gasteiger partial charge in [-0.2, -0.15) is 4.31 Å². The minimum absolute atomic E-state index is 0.430. The lowest BCUT2D eigenvalue weighted by atomic mass is 9.96. The molecule has 0 N–H and O–H groups in total. The minimum atomic E-state index is -3.47. The first-order valence-electron chi connectivity index (χ1n) is 8.21. The maximum absolute atomic E-state index is 13.1. The molecule has 2 aromatic rings. The zero-order valence-electron chi connectivity index (χ0n) is 13.7. The molecule has 0 saturated carbocycles. The number of hydrogen-bond acceptors (Lipinski definition) is 3. The summed E-state index contributed by atoms with van der Waals surface area (Å²) in [6.07, 6.45) is 1.60. The molecule has 0 spiro atoms. The molecule has 0 amide bonds. The maximum Gasteiger partial charge on any atom is 0.243 e. The van der Waals surface area contributed by atoms with Gasteiger partial charge in [0.15, 0.2) is 0 Å². The molecule has 0 unspecified atom stereocenters. The van der Waals surface area contributed by atoms with E-state index in [1.807, 2.05) is 19.1 Å². The molecule has 0 radical (unpaired) electrons. The third-order valence-electron chi connectivity index (χ3n) is 4.52. The number of ether oxygens (including phenoxy) is 1. The van der Waals surface area contributed by atoms with E-state index in [9.17, 15) is 8.42 Å². The van der Waals surface area contributed by atoms with Gasteiger partial charge >= 0.3 is 0 Å². The monoisotopic (exact) mass is 333 g/mol. The van der Waals surface area contributed by atoms with Crippen molar-refractivity contribution in [1.82, 2.24) is 4.31 Å². The highest BCUT2D eigenvalue weighted by molar-refractivity contribution is 7.89. The summed E-state index contributed by atoms with van der Waals surface area (Å²) in [6.45, 7) is 5.93. The molecule has 5 heteroatoms. The molecule has 4 nitrogen and oxygen atoms in total. The summed E-state index contributed by atoms with van der Waals surface area (Å²) in [4.78, 5) is 0.454. The SMILES string of the molecule is CCc1cccc2ccc(S(=O)(=O)N3CCOCC3)c(CC)c12. The number of rotatable bonds is 4. The molecule has 0 bridgehead atoms. The number of hydrogen-bond donors (Lipinski definition) is 0. The van der Waals surface area contributed by atoms with Crippen molar-refractivity contribution in [2.75, 3.05) is 26.3 Å². The molecule has 0 aliphatic carbocycles. The average Bonchev–Trinajstić information content (AvgIpc) is 2.60. The van der Waals surface area contributed by atoms with E-state index in [0.29, 0.717) is 37.6 Å². The predicted molar refractivity (Wildman–Crippen MR) is 92.3 cm³/mol. The van der Waals surface area contributed by atoms with E-state index in [0.717, 1.165) is 22.8 Å². The molecule has 124 valence electrons. The zero-order valence-corrected chi connectivity index (χ0v) is 14.5. The lowest BCUT2D eigenvalue weighted by molar-refractivity contribution is 0.0730. The first-order chi connectivity index (χ1) is 11.1. The van der Waals surface area contributed by atoms with Crippen molar-refractivity contribution in [3.63, 3.8) is 0 Å². The molecule has 1 heterocycles. The van der Waals surface area contributed by atoms with Gasteiger partial charge in [0.05, 0.1) is 18.1 Å². The Morgan fingerprint density at radius 2 is 1.78 bits per heavy atom. The topological polar surface area (TPSA) is 46.6 Å². The molecule has 23 heavy (non-hydrogen) atoms. The number of nitrogens with zero attached hydrogens (tertiary/aromatic N) is 1. The molecule has 1 fully saturated rings. The molecular formula is C18H23NO3S. The highest BCUT2D eigenvalue weighted by Gasteiger charge is 2.29. The highest BCUT2D eigenvalue weighted by Crippen LogP contribution is 2.31. The Hall–Kier alpha value is -1.43. The van der Waals surface area contributed by atoms with Crippen LogP contribution in [0.3, 0.4) is 0 Å². The fourth-order valence-corrected chi connectivity index (χ4v) is 5.04. The third kappa shape index (κ3) is 2.89. The molecule has 1 aliphatic heterocycles. The maximum atomic E-state index is 13.1. The van der Waals surface area contributed by atoms with E-state index in [1.165, 1.54) is 5.56 Å². The smallest absolute Gasteiger partial charge is 0.243 e. The Morgan fingerprint density at radius 3 is 2.43 bits per heavy atom. The van der Waals surface area contributed by atoms with Crippen LogP contribution in [0.2, 0.25) is 0 Å². The second kappa shape index (κ2) is 6.59. The number of benzene rings is 2. The normalized spacial score (nSPS) is 16.8. The Kier molecular flexibility index (Phi) is 4.71. The lowest BCUT2D eigenvalue weighted by Crippen LogP contribution is -2.40. The van der Waals surface area contributed by atoms with Gasteiger partial charge in [-0.3, -0.25) is 0 Å². The average molecular weight is 333 g/mol. The van der Waals surface area contributed by atoms with Crippen LogP contribution in [0.15, 0.2) is 35.2 Å². The Balaban J connectivity index is 2.21. The van der Waals surface area contributed by atoms with Crippen molar-refractivity contribution in [3.8, 4) is 0 Å². The number of aryl methyl sites for hydroxylation is 2. The van der Waals surface area contributed by atoms with Gasteiger partial charge in [0.2, 0.25) is 10.0 Å². The quantitative estimate of drug-likeness (QED) is 0.864. The van der Waals surface area contributed by atoms with Gasteiger partial charge in [-0.15, -0.1) is 0 Å². The van der Waals surface area contributed by atoms with Crippen LogP contribution in [0.25, 0.3) is 10.8 Å². The van der Waals surface area contributed by atoms with Crippen molar-refractivity contribution < 1.29 is 13.2 Å². The molecule has 1 aliphatic rings. The second-order valence-electron chi connectivity index (χ2n) is 5.78. The molecular weight excluding hydrogens is 310 g/mol. The van der Waals surface area contributed by atoms with Crippen LogP contribution in [-0.4, -0.2) is 39.0 Å². The Morgan fingerprint density at radius 1 is 1.04 bits per heavy atom. The van der Waals surface area contributed by atoms with Crippen LogP contribution >= 0.6 is 0 Å². The predicted octanol–water partition coefficient (Wildman–Crippen LogP) is 2.99. The van der Waals surface area contributed by atoms with Crippen molar-refractivity contribution in [2.45, 2.75) is 31.6 Å². The fourth-order valence-electron chi connectivity index (χ4n) is 3.33. The first kappa shape index (κ1) is 16.4. The third-order valence-corrected chi connectivity index (χ3v) is 6.50. The van der Waals surface area contributed by atoms with Crippen molar-refractivity contribution in [3.05, 3.63) is 41.5 Å². The highest BCUT2D eigenvalue weighted by atomic mass is 32.2. The lowest BCUT2D eigenvalue weighted by Gasteiger charge is -2.27. The van der Waals surface area contributed by atoms with E-state index in [-0.39, 0.29) is 0 Å². The summed E-state index contributed by atoms with van der Waals surface area (Å²) in [5.41, 5.74) is 2.14. The van der Waals surface area contributed by atoms with Crippen LogP contribution in [0.5, 0.6) is 0 Å². The number of sulfonamides is 1. The fraction of sp³-hybridized carbons (Fsp3) is 0.444. The van der Waals surface area contributed by atoms with Crippen LogP contribution in [-0.2, 0) is 27.6 Å². The summed E-state index contributed by atoms with van der Waals surface area (Å²) < 4.78 is 33.0. The Labute approximate surface area is 138 Å². The van der Waals surface area contributed by atoms with Crippen LogP contribution in [0.1, 0.15) is 25.0 Å². The number of fused-ring (bicyclic) bond motifs is 1. The van der Waals surface area contributed by atoms with E-state index in [1.54, 1.807) is 10.4 Å². The second-order valence-corrected chi connectivity index (χ2v) is 7.69. The summed E-state index contributed by atoms with van der Waals surface area (Å²) in [6, 6.07) is 9.88. The zero-order chi connectivity index (χ0) is 16.4. The number of morpholine rings is 1. The van der Waals surface area contributed by atoms with Crippen LogP contribution in [0.4, 0.5) is 0 Å². The van der Waals surface area contributed by atoms with Gasteiger partial charge in [0.1, 0.15) is 0 Å². The standard InChI is InChI=1S/C18H23NO3S/c1-3-14-6-5-7-15-8-9-17(16(4-2)18(14)15)23(20,21)19-10-12-22-13-11-19/h5-9H,3-4,10-13H2,1-2H3. The van der Waals surface area contributed by atoms with E-state index < -0.39 is 10.0 Å². The van der Waals surface area contributed by atoms with E-state index in [2.05, 4.69) is 19.1 Å². The van der Waals surface area contributed by atoms with Crippen molar-refractivity contribution in [1.29, 1.82) is 0 Å². The van der Waals surface area contributed by atoms with E-state index >= 15 is 0 Å². The van der Waals surface area contributed by atoms with Gasteiger partial charge in [0.25, 0.3) is 0 Å². The summed E-state index contributed by atoms with van der Waals surface area (Å²) in [5, 5.41) is 2.22. The summed E-state index contributed by atoms with van der Waals surface area (Å²) in [7, 11) is -3.47. The van der Waals surface area contributed by atoms with Crippen molar-refractivity contribution in [2.24, 2.45) is 0 Å².